The average molecular weight is 171 g/mol. The highest BCUT2D eigenvalue weighted by Gasteiger charge is 2.06. The third-order valence-electron chi connectivity index (χ3n) is 1.12. The van der Waals surface area contributed by atoms with Gasteiger partial charge in [-0.15, -0.1) is 0 Å². The Hall–Kier alpha value is -1.10. The second kappa shape index (κ2) is 2.87. The van der Waals surface area contributed by atoms with Crippen LogP contribution in [0.3, 0.4) is 0 Å². The molecule has 0 radical (unpaired) electrons. The SMILES string of the molecule is CN(C)c1ncc(C(N)=O)s1. The maximum Gasteiger partial charge on any atom is 0.260 e. The van der Waals surface area contributed by atoms with Crippen molar-refractivity contribution in [1.82, 2.24) is 4.98 Å². The molecule has 4 nitrogen and oxygen atoms in total. The van der Waals surface area contributed by atoms with Crippen molar-refractivity contribution in [3.63, 3.8) is 0 Å². The lowest BCUT2D eigenvalue weighted by Gasteiger charge is -2.04. The van der Waals surface area contributed by atoms with Crippen LogP contribution in [0.4, 0.5) is 5.13 Å². The number of amides is 1. The van der Waals surface area contributed by atoms with Crippen molar-refractivity contribution in [2.45, 2.75) is 0 Å². The fourth-order valence-electron chi connectivity index (χ4n) is 0.586. The van der Waals surface area contributed by atoms with Gasteiger partial charge in [0, 0.05) is 14.1 Å². The number of primary amides is 1. The van der Waals surface area contributed by atoms with Crippen molar-refractivity contribution in [1.29, 1.82) is 0 Å². The molecule has 0 aliphatic carbocycles. The van der Waals surface area contributed by atoms with Crippen molar-refractivity contribution in [2.24, 2.45) is 5.73 Å². The highest BCUT2D eigenvalue weighted by atomic mass is 32.1. The van der Waals surface area contributed by atoms with Crippen LogP contribution in [0.2, 0.25) is 0 Å². The van der Waals surface area contributed by atoms with E-state index in [0.717, 1.165) is 5.13 Å². The standard InChI is InChI=1S/C6H9N3OS/c1-9(2)6-8-3-4(11-6)5(7)10/h3H,1-2H3,(H2,7,10). The van der Waals surface area contributed by atoms with Gasteiger partial charge in [-0.2, -0.15) is 0 Å². The van der Waals surface area contributed by atoms with Gasteiger partial charge in [-0.25, -0.2) is 4.98 Å². The number of rotatable bonds is 2. The summed E-state index contributed by atoms with van der Waals surface area (Å²) >= 11 is 1.29. The van der Waals surface area contributed by atoms with E-state index < -0.39 is 5.91 Å². The molecule has 1 heterocycles. The summed E-state index contributed by atoms with van der Waals surface area (Å²) in [5.74, 6) is -0.421. The number of nitrogens with two attached hydrogens (primary N) is 1. The van der Waals surface area contributed by atoms with E-state index in [1.54, 1.807) is 0 Å². The monoisotopic (exact) mass is 171 g/mol. The molecule has 1 rings (SSSR count). The first-order chi connectivity index (χ1) is 5.11. The van der Waals surface area contributed by atoms with Gasteiger partial charge < -0.3 is 10.6 Å². The summed E-state index contributed by atoms with van der Waals surface area (Å²) in [5.41, 5.74) is 5.04. The molecule has 0 spiro atoms. The lowest BCUT2D eigenvalue weighted by Crippen LogP contribution is -2.08. The smallest absolute Gasteiger partial charge is 0.260 e. The van der Waals surface area contributed by atoms with Crippen molar-refractivity contribution in [3.8, 4) is 0 Å². The number of thiazole rings is 1. The fraction of sp³-hybridized carbons (Fsp3) is 0.333. The first-order valence-corrected chi connectivity index (χ1v) is 3.86. The quantitative estimate of drug-likeness (QED) is 0.696. The maximum atomic E-state index is 10.6. The molecule has 5 heteroatoms. The van der Waals surface area contributed by atoms with Crippen molar-refractivity contribution in [2.75, 3.05) is 19.0 Å². The zero-order chi connectivity index (χ0) is 8.43. The van der Waals surface area contributed by atoms with Crippen molar-refractivity contribution < 1.29 is 4.79 Å². The van der Waals surface area contributed by atoms with E-state index in [-0.39, 0.29) is 0 Å². The van der Waals surface area contributed by atoms with Gasteiger partial charge in [0.15, 0.2) is 5.13 Å². The lowest BCUT2D eigenvalue weighted by molar-refractivity contribution is 0.100. The summed E-state index contributed by atoms with van der Waals surface area (Å²) in [5, 5.41) is 0.791. The van der Waals surface area contributed by atoms with Gasteiger partial charge in [0.1, 0.15) is 4.88 Å². The maximum absolute atomic E-state index is 10.6. The molecule has 0 aliphatic heterocycles. The summed E-state index contributed by atoms with van der Waals surface area (Å²) in [6.07, 6.45) is 1.49. The Labute approximate surface area is 68.6 Å². The normalized spacial score (nSPS) is 9.64. The molecule has 0 saturated heterocycles. The molecule has 1 aromatic heterocycles. The predicted molar refractivity (Wildman–Crippen MR) is 45.0 cm³/mol. The van der Waals surface area contributed by atoms with Gasteiger partial charge >= 0.3 is 0 Å². The van der Waals surface area contributed by atoms with Crippen LogP contribution in [0.5, 0.6) is 0 Å². The minimum absolute atomic E-state index is 0.421. The largest absolute Gasteiger partial charge is 0.365 e. The van der Waals surface area contributed by atoms with Crippen LogP contribution in [-0.4, -0.2) is 25.0 Å². The molecule has 0 unspecified atom stereocenters. The Morgan fingerprint density at radius 2 is 2.36 bits per heavy atom. The number of carbonyl (C=O) groups excluding carboxylic acids is 1. The molecule has 1 amide bonds. The van der Waals surface area contributed by atoms with Crippen LogP contribution in [0, 0.1) is 0 Å². The van der Waals surface area contributed by atoms with E-state index in [0.29, 0.717) is 4.88 Å². The Morgan fingerprint density at radius 3 is 2.64 bits per heavy atom. The highest BCUT2D eigenvalue weighted by Crippen LogP contribution is 2.19. The zero-order valence-electron chi connectivity index (χ0n) is 6.37. The molecular weight excluding hydrogens is 162 g/mol. The number of nitrogens with zero attached hydrogens (tertiary/aromatic N) is 2. The van der Waals surface area contributed by atoms with Crippen LogP contribution in [0.1, 0.15) is 9.67 Å². The Kier molecular flexibility index (Phi) is 2.09. The Bertz CT molecular complexity index is 269. The Morgan fingerprint density at radius 1 is 1.73 bits per heavy atom. The van der Waals surface area contributed by atoms with Crippen LogP contribution in [-0.2, 0) is 0 Å². The summed E-state index contributed by atoms with van der Waals surface area (Å²) in [6.45, 7) is 0. The molecule has 2 N–H and O–H groups in total. The van der Waals surface area contributed by atoms with Gasteiger partial charge in [0.25, 0.3) is 5.91 Å². The second-order valence-corrected chi connectivity index (χ2v) is 3.27. The van der Waals surface area contributed by atoms with Crippen molar-refractivity contribution >= 4 is 22.4 Å². The predicted octanol–water partition coefficient (Wildman–Crippen LogP) is 0.308. The molecule has 0 saturated carbocycles. The number of carbonyl (C=O) groups is 1. The topological polar surface area (TPSA) is 59.2 Å². The molecule has 0 atom stereocenters. The van der Waals surface area contributed by atoms with E-state index in [1.807, 2.05) is 19.0 Å². The van der Waals surface area contributed by atoms with Gasteiger partial charge in [0.2, 0.25) is 0 Å². The third-order valence-corrected chi connectivity index (χ3v) is 2.30. The van der Waals surface area contributed by atoms with Crippen LogP contribution < -0.4 is 10.6 Å². The van der Waals surface area contributed by atoms with E-state index in [4.69, 9.17) is 5.73 Å². The molecule has 0 bridgehead atoms. The molecule has 0 fully saturated rings. The van der Waals surface area contributed by atoms with Crippen molar-refractivity contribution in [3.05, 3.63) is 11.1 Å². The summed E-state index contributed by atoms with van der Waals surface area (Å²) in [6, 6.07) is 0. The summed E-state index contributed by atoms with van der Waals surface area (Å²) in [7, 11) is 3.73. The lowest BCUT2D eigenvalue weighted by atomic mass is 10.5. The van der Waals surface area contributed by atoms with E-state index in [1.165, 1.54) is 17.5 Å². The molecule has 0 aliphatic rings. The van der Waals surface area contributed by atoms with E-state index in [2.05, 4.69) is 4.98 Å². The highest BCUT2D eigenvalue weighted by molar-refractivity contribution is 7.17. The minimum atomic E-state index is -0.421. The van der Waals surface area contributed by atoms with Crippen LogP contribution >= 0.6 is 11.3 Å². The number of aromatic nitrogens is 1. The molecule has 11 heavy (non-hydrogen) atoms. The van der Waals surface area contributed by atoms with Crippen LogP contribution in [0.25, 0.3) is 0 Å². The number of hydrogen-bond acceptors (Lipinski definition) is 4. The number of hydrogen-bond donors (Lipinski definition) is 1. The summed E-state index contributed by atoms with van der Waals surface area (Å²) in [4.78, 5) is 16.9. The fourth-order valence-corrected chi connectivity index (χ4v) is 1.28. The van der Waals surface area contributed by atoms with Gasteiger partial charge in [-0.3, -0.25) is 4.79 Å². The second-order valence-electron chi connectivity index (χ2n) is 2.27. The average Bonchev–Trinajstić information content (AvgIpc) is 2.33. The third kappa shape index (κ3) is 1.68. The Balaban J connectivity index is 2.90. The van der Waals surface area contributed by atoms with E-state index >= 15 is 0 Å². The molecule has 1 aromatic rings. The molecule has 0 aromatic carbocycles. The first kappa shape index (κ1) is 8.00. The van der Waals surface area contributed by atoms with Crippen LogP contribution in [0.15, 0.2) is 6.20 Å². The van der Waals surface area contributed by atoms with Gasteiger partial charge in [-0.1, -0.05) is 11.3 Å². The van der Waals surface area contributed by atoms with E-state index in [9.17, 15) is 4.79 Å². The number of anilines is 1. The minimum Gasteiger partial charge on any atom is -0.365 e. The van der Waals surface area contributed by atoms with Gasteiger partial charge in [-0.05, 0) is 0 Å². The van der Waals surface area contributed by atoms with Gasteiger partial charge in [0.05, 0.1) is 6.20 Å². The summed E-state index contributed by atoms with van der Waals surface area (Å²) < 4.78 is 0. The molecular formula is C6H9N3OS. The zero-order valence-corrected chi connectivity index (χ0v) is 7.18. The molecule has 60 valence electrons. The first-order valence-electron chi connectivity index (χ1n) is 3.04.